The molecule has 0 saturated carbocycles. The van der Waals surface area contributed by atoms with Gasteiger partial charge in [-0.25, -0.2) is 0 Å². The monoisotopic (exact) mass is 216 g/mol. The van der Waals surface area contributed by atoms with E-state index in [9.17, 15) is 14.4 Å². The Hall–Kier alpha value is -1.63. The molecule has 0 bridgehead atoms. The quantitative estimate of drug-likeness (QED) is 0.453. The standard InChI is InChI=1S/C8H16N4O3/c1-2-5(9)8(15)12(3-6(10)13)4-7(11)14/h5H,2-4,9H2,1H3,(H2,10,13)(H2,11,14)/t5-/m1/s1. The number of nitrogens with two attached hydrogens (primary N) is 3. The van der Waals surface area contributed by atoms with Crippen molar-refractivity contribution in [1.29, 1.82) is 0 Å². The lowest BCUT2D eigenvalue weighted by molar-refractivity contribution is -0.139. The summed E-state index contributed by atoms with van der Waals surface area (Å²) in [7, 11) is 0. The van der Waals surface area contributed by atoms with Crippen LogP contribution in [0, 0.1) is 0 Å². The van der Waals surface area contributed by atoms with E-state index in [2.05, 4.69) is 0 Å². The smallest absolute Gasteiger partial charge is 0.240 e. The average Bonchev–Trinajstić information content (AvgIpc) is 2.13. The van der Waals surface area contributed by atoms with E-state index in [4.69, 9.17) is 17.2 Å². The lowest BCUT2D eigenvalue weighted by atomic mass is 10.2. The van der Waals surface area contributed by atoms with E-state index in [0.29, 0.717) is 6.42 Å². The Morgan fingerprint density at radius 2 is 1.53 bits per heavy atom. The van der Waals surface area contributed by atoms with Crippen LogP contribution in [0.25, 0.3) is 0 Å². The first kappa shape index (κ1) is 13.4. The Kier molecular flexibility index (Phi) is 5.32. The van der Waals surface area contributed by atoms with Gasteiger partial charge in [0.05, 0.1) is 19.1 Å². The zero-order chi connectivity index (χ0) is 12.0. The molecule has 15 heavy (non-hydrogen) atoms. The summed E-state index contributed by atoms with van der Waals surface area (Å²) in [5.74, 6) is -1.93. The normalized spacial score (nSPS) is 11.9. The molecule has 0 rings (SSSR count). The number of carbonyl (C=O) groups is 3. The maximum atomic E-state index is 11.5. The van der Waals surface area contributed by atoms with E-state index >= 15 is 0 Å². The van der Waals surface area contributed by atoms with Gasteiger partial charge in [-0.2, -0.15) is 0 Å². The Morgan fingerprint density at radius 3 is 1.80 bits per heavy atom. The van der Waals surface area contributed by atoms with Crippen molar-refractivity contribution in [1.82, 2.24) is 4.90 Å². The van der Waals surface area contributed by atoms with Crippen molar-refractivity contribution in [3.05, 3.63) is 0 Å². The highest BCUT2D eigenvalue weighted by molar-refractivity contribution is 5.90. The number of primary amides is 2. The molecule has 0 heterocycles. The first-order valence-corrected chi connectivity index (χ1v) is 4.49. The second-order valence-corrected chi connectivity index (χ2v) is 3.14. The summed E-state index contributed by atoms with van der Waals surface area (Å²) in [4.78, 5) is 33.8. The van der Waals surface area contributed by atoms with Crippen LogP contribution >= 0.6 is 0 Å². The SMILES string of the molecule is CC[C@@H](N)C(=O)N(CC(N)=O)CC(N)=O. The van der Waals surface area contributed by atoms with E-state index in [1.54, 1.807) is 6.92 Å². The summed E-state index contributed by atoms with van der Waals surface area (Å²) in [6, 6.07) is -0.747. The van der Waals surface area contributed by atoms with Gasteiger partial charge in [0.25, 0.3) is 0 Å². The zero-order valence-electron chi connectivity index (χ0n) is 8.60. The molecule has 0 spiro atoms. The fourth-order valence-corrected chi connectivity index (χ4v) is 0.997. The summed E-state index contributed by atoms with van der Waals surface area (Å²) < 4.78 is 0. The van der Waals surface area contributed by atoms with E-state index in [0.717, 1.165) is 4.90 Å². The Balaban J connectivity index is 4.53. The molecule has 0 unspecified atom stereocenters. The molecule has 0 saturated heterocycles. The molecule has 0 aliphatic rings. The van der Waals surface area contributed by atoms with Crippen molar-refractivity contribution in [3.8, 4) is 0 Å². The minimum absolute atomic E-state index is 0.352. The van der Waals surface area contributed by atoms with Gasteiger partial charge in [-0.15, -0.1) is 0 Å². The molecule has 0 aromatic carbocycles. The van der Waals surface area contributed by atoms with Gasteiger partial charge in [-0.05, 0) is 6.42 Å². The van der Waals surface area contributed by atoms with Crippen LogP contribution in [0.4, 0.5) is 0 Å². The van der Waals surface area contributed by atoms with Crippen LogP contribution in [0.3, 0.4) is 0 Å². The van der Waals surface area contributed by atoms with Crippen LogP contribution in [0.15, 0.2) is 0 Å². The van der Waals surface area contributed by atoms with Gasteiger partial charge in [0.2, 0.25) is 17.7 Å². The number of nitrogens with zero attached hydrogens (tertiary/aromatic N) is 1. The van der Waals surface area contributed by atoms with Crippen molar-refractivity contribution in [3.63, 3.8) is 0 Å². The second kappa shape index (κ2) is 5.97. The van der Waals surface area contributed by atoms with Gasteiger partial charge >= 0.3 is 0 Å². The van der Waals surface area contributed by atoms with E-state index in [1.807, 2.05) is 0 Å². The number of amides is 3. The van der Waals surface area contributed by atoms with Crippen molar-refractivity contribution in [2.24, 2.45) is 17.2 Å². The van der Waals surface area contributed by atoms with E-state index in [-0.39, 0.29) is 13.1 Å². The fraction of sp³-hybridized carbons (Fsp3) is 0.625. The number of carbonyl (C=O) groups excluding carboxylic acids is 3. The van der Waals surface area contributed by atoms with Gasteiger partial charge in [0.1, 0.15) is 0 Å². The molecular weight excluding hydrogens is 200 g/mol. The Bertz CT molecular complexity index is 251. The summed E-state index contributed by atoms with van der Waals surface area (Å²) in [6.07, 6.45) is 0.410. The molecule has 0 radical (unpaired) electrons. The van der Waals surface area contributed by atoms with E-state index in [1.165, 1.54) is 0 Å². The third-order valence-corrected chi connectivity index (χ3v) is 1.76. The van der Waals surface area contributed by atoms with Crippen LogP contribution in [0.1, 0.15) is 13.3 Å². The van der Waals surface area contributed by atoms with Crippen molar-refractivity contribution in [2.75, 3.05) is 13.1 Å². The molecule has 0 aromatic heterocycles. The molecule has 0 aliphatic heterocycles. The minimum atomic E-state index is -0.747. The summed E-state index contributed by atoms with van der Waals surface area (Å²) in [5, 5.41) is 0. The molecule has 6 N–H and O–H groups in total. The zero-order valence-corrected chi connectivity index (χ0v) is 8.60. The van der Waals surface area contributed by atoms with E-state index < -0.39 is 23.8 Å². The Labute approximate surface area is 87.6 Å². The van der Waals surface area contributed by atoms with Gasteiger partial charge in [-0.1, -0.05) is 6.92 Å². The third-order valence-electron chi connectivity index (χ3n) is 1.76. The van der Waals surface area contributed by atoms with Gasteiger partial charge in [-0.3, -0.25) is 14.4 Å². The van der Waals surface area contributed by atoms with Crippen LogP contribution < -0.4 is 17.2 Å². The lowest BCUT2D eigenvalue weighted by Crippen LogP contribution is -2.49. The van der Waals surface area contributed by atoms with Gasteiger partial charge < -0.3 is 22.1 Å². The third kappa shape index (κ3) is 4.96. The van der Waals surface area contributed by atoms with Crippen LogP contribution in [0.5, 0.6) is 0 Å². The molecule has 0 aromatic rings. The largest absolute Gasteiger partial charge is 0.368 e. The predicted octanol–water partition coefficient (Wildman–Crippen LogP) is -2.48. The fourth-order valence-electron chi connectivity index (χ4n) is 0.997. The molecule has 0 aliphatic carbocycles. The summed E-state index contributed by atoms with van der Waals surface area (Å²) in [6.45, 7) is 1.01. The lowest BCUT2D eigenvalue weighted by Gasteiger charge is -2.22. The first-order chi connectivity index (χ1) is 6.88. The highest BCUT2D eigenvalue weighted by Crippen LogP contribution is 1.96. The molecule has 7 heteroatoms. The maximum absolute atomic E-state index is 11.5. The molecule has 1 atom stereocenters. The van der Waals surface area contributed by atoms with Crippen LogP contribution in [-0.4, -0.2) is 41.8 Å². The molecule has 86 valence electrons. The summed E-state index contributed by atoms with van der Waals surface area (Å²) in [5.41, 5.74) is 15.3. The molecule has 0 fully saturated rings. The number of hydrogen-bond acceptors (Lipinski definition) is 4. The molecular formula is C8H16N4O3. The highest BCUT2D eigenvalue weighted by Gasteiger charge is 2.22. The number of rotatable bonds is 6. The molecule has 7 nitrogen and oxygen atoms in total. The minimum Gasteiger partial charge on any atom is -0.368 e. The first-order valence-electron chi connectivity index (χ1n) is 4.49. The summed E-state index contributed by atoms with van der Waals surface area (Å²) >= 11 is 0. The van der Waals surface area contributed by atoms with Crippen molar-refractivity contribution < 1.29 is 14.4 Å². The van der Waals surface area contributed by atoms with Gasteiger partial charge in [0, 0.05) is 0 Å². The number of hydrogen-bond donors (Lipinski definition) is 3. The molecule has 3 amide bonds. The van der Waals surface area contributed by atoms with Gasteiger partial charge in [0.15, 0.2) is 0 Å². The topological polar surface area (TPSA) is 133 Å². The second-order valence-electron chi connectivity index (χ2n) is 3.14. The van der Waals surface area contributed by atoms with Crippen LogP contribution in [-0.2, 0) is 14.4 Å². The van der Waals surface area contributed by atoms with Crippen LogP contribution in [0.2, 0.25) is 0 Å². The average molecular weight is 216 g/mol. The predicted molar refractivity (Wildman–Crippen MR) is 53.2 cm³/mol. The Morgan fingerprint density at radius 1 is 1.13 bits per heavy atom. The highest BCUT2D eigenvalue weighted by atomic mass is 16.2. The van der Waals surface area contributed by atoms with Crippen molar-refractivity contribution in [2.45, 2.75) is 19.4 Å². The maximum Gasteiger partial charge on any atom is 0.240 e. The van der Waals surface area contributed by atoms with Crippen molar-refractivity contribution >= 4 is 17.7 Å².